The van der Waals surface area contributed by atoms with Gasteiger partial charge in [0.15, 0.2) is 0 Å². The smallest absolute Gasteiger partial charge is 0.0841 e. The number of aliphatic hydroxyl groups is 1. The van der Waals surface area contributed by atoms with Crippen LogP contribution in [0, 0.1) is 6.92 Å². The summed E-state index contributed by atoms with van der Waals surface area (Å²) in [7, 11) is 0. The predicted octanol–water partition coefficient (Wildman–Crippen LogP) is 3.32. The van der Waals surface area contributed by atoms with Crippen LogP contribution in [0.4, 0.5) is 5.69 Å². The topological polar surface area (TPSA) is 73.8 Å². The lowest BCUT2D eigenvalue weighted by Crippen LogP contribution is -2.16. The van der Waals surface area contributed by atoms with Gasteiger partial charge in [-0.15, -0.1) is 11.3 Å². The molecule has 3 N–H and O–H groups in total. The van der Waals surface area contributed by atoms with E-state index in [-0.39, 0.29) is 6.10 Å². The Labute approximate surface area is 132 Å². The quantitative estimate of drug-likeness (QED) is 0.693. The van der Waals surface area contributed by atoms with Crippen molar-refractivity contribution in [2.45, 2.75) is 38.3 Å². The zero-order chi connectivity index (χ0) is 15.1. The van der Waals surface area contributed by atoms with Crippen molar-refractivity contribution >= 4 is 27.2 Å². The molecule has 5 nitrogen and oxygen atoms in total. The maximum Gasteiger partial charge on any atom is 0.0841 e. The van der Waals surface area contributed by atoms with Crippen LogP contribution >= 0.6 is 11.3 Å². The molecule has 3 aromatic rings. The van der Waals surface area contributed by atoms with Gasteiger partial charge in [0.25, 0.3) is 0 Å². The number of fused-ring (bicyclic) bond motifs is 1. The van der Waals surface area contributed by atoms with Crippen molar-refractivity contribution in [3.8, 4) is 10.6 Å². The molecule has 22 heavy (non-hydrogen) atoms. The van der Waals surface area contributed by atoms with Crippen LogP contribution in [0.25, 0.3) is 20.8 Å². The first-order valence-electron chi connectivity index (χ1n) is 7.54. The first kappa shape index (κ1) is 13.7. The second-order valence-corrected chi connectivity index (χ2v) is 6.97. The molecular formula is C16H18N4OS. The maximum absolute atomic E-state index is 9.71. The van der Waals surface area contributed by atoms with Gasteiger partial charge in [-0.25, -0.2) is 0 Å². The van der Waals surface area contributed by atoms with Crippen LogP contribution in [0.5, 0.6) is 0 Å². The third kappa shape index (κ3) is 2.48. The molecule has 0 aromatic carbocycles. The number of aromatic amines is 1. The van der Waals surface area contributed by atoms with E-state index in [4.69, 9.17) is 0 Å². The minimum absolute atomic E-state index is 0.167. The Balaban J connectivity index is 1.73. The number of pyridine rings is 1. The highest BCUT2D eigenvalue weighted by atomic mass is 32.1. The molecular weight excluding hydrogens is 296 g/mol. The van der Waals surface area contributed by atoms with Crippen molar-refractivity contribution in [2.24, 2.45) is 0 Å². The van der Waals surface area contributed by atoms with E-state index in [0.29, 0.717) is 6.04 Å². The fourth-order valence-corrected chi connectivity index (χ4v) is 4.15. The molecule has 2 atom stereocenters. The first-order valence-corrected chi connectivity index (χ1v) is 8.36. The number of aryl methyl sites for hydroxylation is 1. The van der Waals surface area contributed by atoms with Crippen molar-refractivity contribution in [3.63, 3.8) is 0 Å². The Hall–Kier alpha value is -1.92. The van der Waals surface area contributed by atoms with Gasteiger partial charge in [0, 0.05) is 17.9 Å². The number of aliphatic hydroxyl groups excluding tert-OH is 1. The van der Waals surface area contributed by atoms with E-state index >= 15 is 0 Å². The molecule has 0 unspecified atom stereocenters. The highest BCUT2D eigenvalue weighted by molar-refractivity contribution is 7.22. The van der Waals surface area contributed by atoms with Crippen LogP contribution in [-0.2, 0) is 0 Å². The number of nitrogens with one attached hydrogen (secondary N) is 2. The summed E-state index contributed by atoms with van der Waals surface area (Å²) in [5, 5.41) is 20.3. The number of rotatable bonds is 3. The standard InChI is InChI=1S/C16H18N4OS/c1-9-6-13(19-10-2-3-11(21)7-10)16-14(18-9)8-15(22-16)12-4-5-17-20-12/h4-6,8,10-11,21H,2-3,7H2,1H3,(H,17,20)(H,18,19)/t10-,11+/m1/s1. The third-order valence-corrected chi connectivity index (χ3v) is 5.33. The second-order valence-electron chi connectivity index (χ2n) is 5.91. The molecule has 3 heterocycles. The Morgan fingerprint density at radius 3 is 3.00 bits per heavy atom. The molecule has 1 fully saturated rings. The Morgan fingerprint density at radius 1 is 1.36 bits per heavy atom. The average molecular weight is 314 g/mol. The normalized spacial score (nSPS) is 21.5. The molecule has 0 aliphatic heterocycles. The Bertz CT molecular complexity index is 796. The van der Waals surface area contributed by atoms with Crippen LogP contribution in [0.3, 0.4) is 0 Å². The number of anilines is 1. The van der Waals surface area contributed by atoms with E-state index in [0.717, 1.165) is 51.4 Å². The molecule has 3 aromatic heterocycles. The van der Waals surface area contributed by atoms with Crippen molar-refractivity contribution in [1.29, 1.82) is 0 Å². The Morgan fingerprint density at radius 2 is 2.27 bits per heavy atom. The lowest BCUT2D eigenvalue weighted by Gasteiger charge is -2.14. The van der Waals surface area contributed by atoms with Crippen molar-refractivity contribution in [1.82, 2.24) is 15.2 Å². The summed E-state index contributed by atoms with van der Waals surface area (Å²) in [5.74, 6) is 0. The summed E-state index contributed by atoms with van der Waals surface area (Å²) in [6.07, 6.45) is 4.32. The minimum atomic E-state index is -0.167. The van der Waals surface area contributed by atoms with Gasteiger partial charge in [0.1, 0.15) is 0 Å². The van der Waals surface area contributed by atoms with Crippen LogP contribution < -0.4 is 5.32 Å². The molecule has 0 bridgehead atoms. The second kappa shape index (κ2) is 5.37. The SMILES string of the molecule is Cc1cc(N[C@@H]2CC[C@H](O)C2)c2sc(-c3ccn[nH]3)cc2n1. The van der Waals surface area contributed by atoms with E-state index in [2.05, 4.69) is 32.6 Å². The van der Waals surface area contributed by atoms with Crippen LogP contribution in [0.2, 0.25) is 0 Å². The molecule has 6 heteroatoms. The van der Waals surface area contributed by atoms with Crippen LogP contribution in [0.1, 0.15) is 25.0 Å². The van der Waals surface area contributed by atoms with Crippen molar-refractivity contribution < 1.29 is 5.11 Å². The predicted molar refractivity (Wildman–Crippen MR) is 89.2 cm³/mol. The summed E-state index contributed by atoms with van der Waals surface area (Å²) in [4.78, 5) is 5.78. The van der Waals surface area contributed by atoms with Crippen molar-refractivity contribution in [3.05, 3.63) is 30.1 Å². The summed E-state index contributed by atoms with van der Waals surface area (Å²) in [6.45, 7) is 2.02. The first-order chi connectivity index (χ1) is 10.7. The van der Waals surface area contributed by atoms with E-state index in [1.165, 1.54) is 0 Å². The number of H-pyrrole nitrogens is 1. The van der Waals surface area contributed by atoms with Gasteiger partial charge in [0.05, 0.1) is 32.6 Å². The Kier molecular flexibility index (Phi) is 3.35. The van der Waals surface area contributed by atoms with Gasteiger partial charge < -0.3 is 10.4 Å². The molecule has 0 radical (unpaired) electrons. The molecule has 0 saturated heterocycles. The lowest BCUT2D eigenvalue weighted by molar-refractivity contribution is 0.182. The molecule has 1 aliphatic rings. The summed E-state index contributed by atoms with van der Waals surface area (Å²) in [6, 6.07) is 6.52. The molecule has 0 spiro atoms. The van der Waals surface area contributed by atoms with Crippen LogP contribution in [-0.4, -0.2) is 32.4 Å². The van der Waals surface area contributed by atoms with Crippen molar-refractivity contribution in [2.75, 3.05) is 5.32 Å². The summed E-state index contributed by atoms with van der Waals surface area (Å²) in [5.41, 5.74) is 4.15. The van der Waals surface area contributed by atoms with E-state index in [1.807, 2.05) is 13.0 Å². The zero-order valence-electron chi connectivity index (χ0n) is 12.3. The number of thiophene rings is 1. The molecule has 1 saturated carbocycles. The summed E-state index contributed by atoms with van der Waals surface area (Å²) < 4.78 is 1.16. The largest absolute Gasteiger partial charge is 0.393 e. The molecule has 114 valence electrons. The highest BCUT2D eigenvalue weighted by Crippen LogP contribution is 2.37. The fourth-order valence-electron chi connectivity index (χ4n) is 3.10. The minimum Gasteiger partial charge on any atom is -0.393 e. The van der Waals surface area contributed by atoms with Gasteiger partial charge in [-0.2, -0.15) is 5.10 Å². The van der Waals surface area contributed by atoms with E-state index in [1.54, 1.807) is 17.5 Å². The van der Waals surface area contributed by atoms with Gasteiger partial charge in [0.2, 0.25) is 0 Å². The summed E-state index contributed by atoms with van der Waals surface area (Å²) >= 11 is 1.72. The van der Waals surface area contributed by atoms with Gasteiger partial charge in [-0.3, -0.25) is 10.1 Å². The van der Waals surface area contributed by atoms with E-state index < -0.39 is 0 Å². The monoisotopic (exact) mass is 314 g/mol. The van der Waals surface area contributed by atoms with Gasteiger partial charge in [-0.05, 0) is 44.4 Å². The molecule has 4 rings (SSSR count). The molecule has 1 aliphatic carbocycles. The van der Waals surface area contributed by atoms with E-state index in [9.17, 15) is 5.11 Å². The fraction of sp³-hybridized carbons (Fsp3) is 0.375. The maximum atomic E-state index is 9.71. The van der Waals surface area contributed by atoms with Gasteiger partial charge in [-0.1, -0.05) is 0 Å². The third-order valence-electron chi connectivity index (χ3n) is 4.14. The number of hydrogen-bond acceptors (Lipinski definition) is 5. The molecule has 0 amide bonds. The van der Waals surface area contributed by atoms with Gasteiger partial charge >= 0.3 is 0 Å². The number of hydrogen-bond donors (Lipinski definition) is 3. The average Bonchev–Trinajstić information content (AvgIpc) is 3.18. The highest BCUT2D eigenvalue weighted by Gasteiger charge is 2.23. The number of nitrogens with zero attached hydrogens (tertiary/aromatic N) is 2. The lowest BCUT2D eigenvalue weighted by atomic mass is 10.2. The number of aromatic nitrogens is 3. The zero-order valence-corrected chi connectivity index (χ0v) is 13.2. The van der Waals surface area contributed by atoms with Crippen LogP contribution in [0.15, 0.2) is 24.4 Å².